The molecule has 1 aromatic rings. The van der Waals surface area contributed by atoms with Crippen molar-refractivity contribution in [1.82, 2.24) is 0 Å². The summed E-state index contributed by atoms with van der Waals surface area (Å²) in [5.41, 5.74) is -1.10. The van der Waals surface area contributed by atoms with Gasteiger partial charge in [0.2, 0.25) is 5.82 Å². The first-order valence-electron chi connectivity index (χ1n) is 5.96. The Kier molecular flexibility index (Phi) is 4.05. The van der Waals surface area contributed by atoms with Crippen LogP contribution in [0.2, 0.25) is 0 Å². The minimum absolute atomic E-state index is 0.0200. The van der Waals surface area contributed by atoms with Gasteiger partial charge in [-0.15, -0.1) is 0 Å². The van der Waals surface area contributed by atoms with Gasteiger partial charge >= 0.3 is 5.69 Å². The maximum atomic E-state index is 13.7. The first-order valence-corrected chi connectivity index (χ1v) is 5.96. The van der Waals surface area contributed by atoms with E-state index in [2.05, 4.69) is 5.32 Å². The van der Waals surface area contributed by atoms with Crippen LogP contribution in [-0.2, 0) is 4.74 Å². The highest BCUT2D eigenvalue weighted by molar-refractivity contribution is 5.65. The lowest BCUT2D eigenvalue weighted by Gasteiger charge is -2.40. The number of hydrogen-bond acceptors (Lipinski definition) is 6. The highest BCUT2D eigenvalue weighted by Crippen LogP contribution is 2.34. The number of anilines is 1. The Bertz CT molecular complexity index is 513. The zero-order valence-electron chi connectivity index (χ0n) is 10.9. The van der Waals surface area contributed by atoms with Crippen molar-refractivity contribution in [3.8, 4) is 5.75 Å². The first-order chi connectivity index (χ1) is 9.51. The summed E-state index contributed by atoms with van der Waals surface area (Å²) in [6.45, 7) is 0.852. The third-order valence-electron chi connectivity index (χ3n) is 3.26. The van der Waals surface area contributed by atoms with Crippen LogP contribution >= 0.6 is 0 Å². The summed E-state index contributed by atoms with van der Waals surface area (Å²) in [6.07, 6.45) is 0. The number of aliphatic hydroxyl groups is 1. The van der Waals surface area contributed by atoms with Crippen molar-refractivity contribution in [1.29, 1.82) is 0 Å². The first kappa shape index (κ1) is 14.5. The van der Waals surface area contributed by atoms with E-state index >= 15 is 0 Å². The van der Waals surface area contributed by atoms with Crippen molar-refractivity contribution in [2.45, 2.75) is 0 Å². The molecular formula is C12H15FN2O5. The third-order valence-corrected chi connectivity index (χ3v) is 3.26. The second-order valence-corrected chi connectivity index (χ2v) is 4.77. The second kappa shape index (κ2) is 5.59. The van der Waals surface area contributed by atoms with Gasteiger partial charge in [0.15, 0.2) is 0 Å². The maximum Gasteiger partial charge on any atom is 0.327 e. The molecule has 7 nitrogen and oxygen atoms in total. The molecule has 0 aliphatic carbocycles. The fourth-order valence-corrected chi connectivity index (χ4v) is 1.94. The van der Waals surface area contributed by atoms with Crippen molar-refractivity contribution in [3.05, 3.63) is 28.1 Å². The number of nitro groups is 1. The molecule has 0 bridgehead atoms. The molecule has 1 aliphatic rings. The fraction of sp³-hybridized carbons (Fsp3) is 0.500. The van der Waals surface area contributed by atoms with E-state index in [1.807, 2.05) is 0 Å². The lowest BCUT2D eigenvalue weighted by atomic mass is 9.87. The van der Waals surface area contributed by atoms with Crippen LogP contribution in [0.1, 0.15) is 0 Å². The molecule has 0 saturated carbocycles. The molecule has 0 aromatic heterocycles. The van der Waals surface area contributed by atoms with Crippen LogP contribution in [0.5, 0.6) is 5.75 Å². The van der Waals surface area contributed by atoms with Crippen molar-refractivity contribution in [3.63, 3.8) is 0 Å². The molecule has 20 heavy (non-hydrogen) atoms. The van der Waals surface area contributed by atoms with Crippen LogP contribution in [0.4, 0.5) is 15.8 Å². The minimum Gasteiger partial charge on any atom is -0.497 e. The van der Waals surface area contributed by atoms with Crippen LogP contribution in [0.25, 0.3) is 0 Å². The third kappa shape index (κ3) is 2.66. The number of hydrogen-bond donors (Lipinski definition) is 2. The van der Waals surface area contributed by atoms with E-state index < -0.39 is 21.8 Å². The van der Waals surface area contributed by atoms with Crippen molar-refractivity contribution < 1.29 is 23.9 Å². The standard InChI is InChI=1S/C12H15FN2O5/c1-19-8-2-9(13)11(15(17)18)10(3-8)14-4-12(5-16)6-20-7-12/h2-3,14,16H,4-7H2,1H3. The number of methoxy groups -OCH3 is 1. The summed E-state index contributed by atoms with van der Waals surface area (Å²) in [5.74, 6) is -0.793. The van der Waals surface area contributed by atoms with E-state index in [-0.39, 0.29) is 24.6 Å². The molecular weight excluding hydrogens is 271 g/mol. The summed E-state index contributed by atoms with van der Waals surface area (Å²) < 4.78 is 23.6. The number of benzene rings is 1. The summed E-state index contributed by atoms with van der Waals surface area (Å²) in [5, 5.41) is 23.0. The quantitative estimate of drug-likeness (QED) is 0.602. The van der Waals surface area contributed by atoms with Crippen LogP contribution < -0.4 is 10.1 Å². The second-order valence-electron chi connectivity index (χ2n) is 4.77. The number of halogens is 1. The molecule has 2 N–H and O–H groups in total. The van der Waals surface area contributed by atoms with Gasteiger partial charge in [-0.2, -0.15) is 4.39 Å². The number of nitrogens with zero attached hydrogens (tertiary/aromatic N) is 1. The molecule has 0 amide bonds. The predicted octanol–water partition coefficient (Wildman–Crippen LogP) is 1.16. The van der Waals surface area contributed by atoms with E-state index in [4.69, 9.17) is 9.47 Å². The Morgan fingerprint density at radius 3 is 2.75 bits per heavy atom. The molecule has 1 fully saturated rings. The Morgan fingerprint density at radius 1 is 1.60 bits per heavy atom. The predicted molar refractivity (Wildman–Crippen MR) is 68.4 cm³/mol. The number of ether oxygens (including phenoxy) is 2. The topological polar surface area (TPSA) is 93.9 Å². The molecule has 1 saturated heterocycles. The van der Waals surface area contributed by atoms with Crippen LogP contribution in [0.15, 0.2) is 12.1 Å². The Hall–Kier alpha value is -1.93. The van der Waals surface area contributed by atoms with Gasteiger partial charge in [0.05, 0.1) is 37.3 Å². The molecule has 0 spiro atoms. The highest BCUT2D eigenvalue weighted by atomic mass is 19.1. The van der Waals surface area contributed by atoms with Gasteiger partial charge in [0.1, 0.15) is 11.4 Å². The summed E-state index contributed by atoms with van der Waals surface area (Å²) in [4.78, 5) is 10.1. The van der Waals surface area contributed by atoms with Crippen LogP contribution in [-0.4, -0.2) is 43.5 Å². The Labute approximate surface area is 114 Å². The van der Waals surface area contributed by atoms with Crippen molar-refractivity contribution >= 4 is 11.4 Å². The molecule has 8 heteroatoms. The van der Waals surface area contributed by atoms with E-state index in [0.29, 0.717) is 13.2 Å². The van der Waals surface area contributed by atoms with E-state index in [9.17, 15) is 19.6 Å². The SMILES string of the molecule is COc1cc(F)c([N+](=O)[O-])c(NCC2(CO)COC2)c1. The molecule has 1 aromatic carbocycles. The maximum absolute atomic E-state index is 13.7. The molecule has 0 unspecified atom stereocenters. The van der Waals surface area contributed by atoms with Crippen molar-refractivity contribution in [2.24, 2.45) is 5.41 Å². The smallest absolute Gasteiger partial charge is 0.327 e. The van der Waals surface area contributed by atoms with E-state index in [1.54, 1.807) is 0 Å². The zero-order valence-corrected chi connectivity index (χ0v) is 10.9. The number of aliphatic hydroxyl groups excluding tert-OH is 1. The summed E-state index contributed by atoms with van der Waals surface area (Å²) in [7, 11) is 1.35. The van der Waals surface area contributed by atoms with Gasteiger partial charge in [0.25, 0.3) is 0 Å². The molecule has 110 valence electrons. The van der Waals surface area contributed by atoms with Gasteiger partial charge in [-0.05, 0) is 0 Å². The fourth-order valence-electron chi connectivity index (χ4n) is 1.94. The van der Waals surface area contributed by atoms with Crippen LogP contribution in [0.3, 0.4) is 0 Å². The van der Waals surface area contributed by atoms with Crippen molar-refractivity contribution in [2.75, 3.05) is 38.8 Å². The zero-order chi connectivity index (χ0) is 14.8. The minimum atomic E-state index is -0.972. The summed E-state index contributed by atoms with van der Waals surface area (Å²) >= 11 is 0. The molecule has 0 atom stereocenters. The lowest BCUT2D eigenvalue weighted by molar-refractivity contribution is -0.386. The van der Waals surface area contributed by atoms with E-state index in [1.165, 1.54) is 13.2 Å². The largest absolute Gasteiger partial charge is 0.497 e. The van der Waals surface area contributed by atoms with E-state index in [0.717, 1.165) is 6.07 Å². The number of nitro benzene ring substituents is 1. The molecule has 1 heterocycles. The van der Waals surface area contributed by atoms with Gasteiger partial charge in [-0.3, -0.25) is 10.1 Å². The van der Waals surface area contributed by atoms with Gasteiger partial charge in [0, 0.05) is 18.7 Å². The van der Waals surface area contributed by atoms with Gasteiger partial charge < -0.3 is 19.9 Å². The molecule has 1 aliphatic heterocycles. The highest BCUT2D eigenvalue weighted by Gasteiger charge is 2.38. The van der Waals surface area contributed by atoms with Crippen LogP contribution in [0, 0.1) is 21.3 Å². The normalized spacial score (nSPS) is 16.4. The molecule has 2 rings (SSSR count). The number of rotatable bonds is 6. The number of nitrogens with one attached hydrogen (secondary N) is 1. The Morgan fingerprint density at radius 2 is 2.30 bits per heavy atom. The van der Waals surface area contributed by atoms with Gasteiger partial charge in [-0.1, -0.05) is 0 Å². The average Bonchev–Trinajstić information content (AvgIpc) is 2.36. The molecule has 0 radical (unpaired) electrons. The Balaban J connectivity index is 2.24. The monoisotopic (exact) mass is 286 g/mol. The lowest BCUT2D eigenvalue weighted by Crippen LogP contribution is -2.50. The average molecular weight is 286 g/mol. The van der Waals surface area contributed by atoms with Gasteiger partial charge in [-0.25, -0.2) is 0 Å². The summed E-state index contributed by atoms with van der Waals surface area (Å²) in [6, 6.07) is 2.31.